The maximum Gasteiger partial charge on any atom is 0.180 e. The highest BCUT2D eigenvalue weighted by Gasteiger charge is 2.08. The van der Waals surface area contributed by atoms with Gasteiger partial charge >= 0.3 is 0 Å². The molecule has 0 saturated heterocycles. The van der Waals surface area contributed by atoms with E-state index in [1.807, 2.05) is 0 Å². The predicted molar refractivity (Wildman–Crippen MR) is 43.9 cm³/mol. The Morgan fingerprint density at radius 1 is 1.58 bits per heavy atom. The molecule has 0 aliphatic rings. The van der Waals surface area contributed by atoms with E-state index in [1.165, 1.54) is 6.92 Å². The minimum Gasteiger partial charge on any atom is -0.293 e. The number of carbonyl (C=O) groups is 1. The number of pyridine rings is 1. The largest absolute Gasteiger partial charge is 0.293 e. The van der Waals surface area contributed by atoms with Crippen molar-refractivity contribution in [3.05, 3.63) is 24.2 Å². The molecule has 1 N–H and O–H groups in total. The molecule has 2 rings (SSSR count). The van der Waals surface area contributed by atoms with Gasteiger partial charge in [-0.3, -0.25) is 14.9 Å². The quantitative estimate of drug-likeness (QED) is 0.638. The summed E-state index contributed by atoms with van der Waals surface area (Å²) in [5.41, 5.74) is 1.27. The summed E-state index contributed by atoms with van der Waals surface area (Å²) in [5, 5.41) is 7.45. The number of carbonyl (C=O) groups excluding carboxylic acids is 1. The van der Waals surface area contributed by atoms with E-state index in [0.29, 0.717) is 5.69 Å². The SMILES string of the molecule is CC(=O)c1n[nH]c2cnccc12. The van der Waals surface area contributed by atoms with Gasteiger partial charge in [0.2, 0.25) is 0 Å². The molecule has 2 aromatic rings. The lowest BCUT2D eigenvalue weighted by molar-refractivity contribution is 0.101. The molecular weight excluding hydrogens is 154 g/mol. The van der Waals surface area contributed by atoms with Crippen LogP contribution < -0.4 is 0 Å². The number of rotatable bonds is 1. The third kappa shape index (κ3) is 0.887. The first kappa shape index (κ1) is 6.97. The van der Waals surface area contributed by atoms with Crippen LogP contribution in [0.2, 0.25) is 0 Å². The number of aromatic amines is 1. The Balaban J connectivity index is 2.79. The molecule has 0 bridgehead atoms. The van der Waals surface area contributed by atoms with Gasteiger partial charge in [0.1, 0.15) is 5.69 Å². The van der Waals surface area contributed by atoms with Gasteiger partial charge in [-0.25, -0.2) is 0 Å². The summed E-state index contributed by atoms with van der Waals surface area (Å²) >= 11 is 0. The van der Waals surface area contributed by atoms with Crippen LogP contribution in [0.3, 0.4) is 0 Å². The molecule has 0 atom stereocenters. The molecular formula is C8H7N3O. The van der Waals surface area contributed by atoms with E-state index in [1.54, 1.807) is 18.5 Å². The summed E-state index contributed by atoms with van der Waals surface area (Å²) < 4.78 is 0. The number of hydrogen-bond donors (Lipinski definition) is 1. The lowest BCUT2D eigenvalue weighted by atomic mass is 10.2. The van der Waals surface area contributed by atoms with Gasteiger partial charge in [-0.15, -0.1) is 0 Å². The van der Waals surface area contributed by atoms with Crippen LogP contribution in [0.5, 0.6) is 0 Å². The third-order valence-corrected chi connectivity index (χ3v) is 1.70. The van der Waals surface area contributed by atoms with Gasteiger partial charge in [-0.1, -0.05) is 0 Å². The van der Waals surface area contributed by atoms with Crippen molar-refractivity contribution in [3.8, 4) is 0 Å². The number of nitrogens with zero attached hydrogens (tertiary/aromatic N) is 2. The fraction of sp³-hybridized carbons (Fsp3) is 0.125. The van der Waals surface area contributed by atoms with Gasteiger partial charge in [0.25, 0.3) is 0 Å². The molecule has 60 valence electrons. The van der Waals surface area contributed by atoms with E-state index < -0.39 is 0 Å². The van der Waals surface area contributed by atoms with Gasteiger partial charge in [0.05, 0.1) is 11.7 Å². The Morgan fingerprint density at radius 3 is 3.17 bits per heavy atom. The van der Waals surface area contributed by atoms with Gasteiger partial charge in [0.15, 0.2) is 5.78 Å². The molecule has 0 saturated carbocycles. The first-order valence-corrected chi connectivity index (χ1v) is 3.58. The zero-order chi connectivity index (χ0) is 8.55. The Bertz CT molecular complexity index is 433. The zero-order valence-electron chi connectivity index (χ0n) is 6.53. The minimum absolute atomic E-state index is 0.0348. The van der Waals surface area contributed by atoms with E-state index in [4.69, 9.17) is 0 Å². The number of ketones is 1. The Hall–Kier alpha value is -1.71. The van der Waals surface area contributed by atoms with E-state index in [2.05, 4.69) is 15.2 Å². The summed E-state index contributed by atoms with van der Waals surface area (Å²) in [6.45, 7) is 1.50. The molecule has 2 heterocycles. The van der Waals surface area contributed by atoms with Crippen molar-refractivity contribution < 1.29 is 4.79 Å². The molecule has 0 fully saturated rings. The summed E-state index contributed by atoms with van der Waals surface area (Å²) in [6, 6.07) is 1.77. The molecule has 2 aromatic heterocycles. The van der Waals surface area contributed by atoms with Crippen LogP contribution in [0.25, 0.3) is 10.9 Å². The molecule has 0 amide bonds. The second-order valence-corrected chi connectivity index (χ2v) is 2.55. The van der Waals surface area contributed by atoms with Gasteiger partial charge < -0.3 is 0 Å². The Morgan fingerprint density at radius 2 is 2.42 bits per heavy atom. The topological polar surface area (TPSA) is 58.6 Å². The second-order valence-electron chi connectivity index (χ2n) is 2.55. The van der Waals surface area contributed by atoms with Crippen molar-refractivity contribution in [2.24, 2.45) is 0 Å². The van der Waals surface area contributed by atoms with Crippen molar-refractivity contribution in [2.45, 2.75) is 6.92 Å². The van der Waals surface area contributed by atoms with Crippen LogP contribution in [0.1, 0.15) is 17.4 Å². The third-order valence-electron chi connectivity index (χ3n) is 1.70. The number of Topliss-reactive ketones (excluding diaryl/α,β-unsaturated/α-hetero) is 1. The monoisotopic (exact) mass is 161 g/mol. The maximum atomic E-state index is 11.0. The molecule has 0 unspecified atom stereocenters. The lowest BCUT2D eigenvalue weighted by Gasteiger charge is -1.87. The molecule has 4 nitrogen and oxygen atoms in total. The van der Waals surface area contributed by atoms with Crippen LogP contribution in [-0.4, -0.2) is 21.0 Å². The number of fused-ring (bicyclic) bond motifs is 1. The highest BCUT2D eigenvalue weighted by Crippen LogP contribution is 2.13. The van der Waals surface area contributed by atoms with Crippen LogP contribution in [-0.2, 0) is 0 Å². The molecule has 0 spiro atoms. The standard InChI is InChI=1S/C8H7N3O/c1-5(12)8-6-2-3-9-4-7(6)10-11-8/h2-4H,1H3,(H,10,11). The first-order chi connectivity index (χ1) is 5.79. The van der Waals surface area contributed by atoms with E-state index in [9.17, 15) is 4.79 Å². The Kier molecular flexibility index (Phi) is 1.40. The van der Waals surface area contributed by atoms with Crippen molar-refractivity contribution in [1.29, 1.82) is 0 Å². The number of hydrogen-bond acceptors (Lipinski definition) is 3. The highest BCUT2D eigenvalue weighted by molar-refractivity contribution is 6.04. The second kappa shape index (κ2) is 2.41. The van der Waals surface area contributed by atoms with Crippen LogP contribution in [0, 0.1) is 0 Å². The molecule has 4 heteroatoms. The molecule has 0 radical (unpaired) electrons. The number of aromatic nitrogens is 3. The van der Waals surface area contributed by atoms with E-state index in [-0.39, 0.29) is 5.78 Å². The van der Waals surface area contributed by atoms with Crippen molar-refractivity contribution in [1.82, 2.24) is 15.2 Å². The normalized spacial score (nSPS) is 10.4. The summed E-state index contributed by atoms with van der Waals surface area (Å²) in [5.74, 6) is -0.0348. The zero-order valence-corrected chi connectivity index (χ0v) is 6.53. The Labute approximate surface area is 68.6 Å². The average Bonchev–Trinajstić information content (AvgIpc) is 2.47. The van der Waals surface area contributed by atoms with Crippen LogP contribution in [0.4, 0.5) is 0 Å². The van der Waals surface area contributed by atoms with Crippen LogP contribution in [0.15, 0.2) is 18.5 Å². The highest BCUT2D eigenvalue weighted by atomic mass is 16.1. The van der Waals surface area contributed by atoms with Gasteiger partial charge in [-0.2, -0.15) is 5.10 Å². The summed E-state index contributed by atoms with van der Waals surface area (Å²) in [6.07, 6.45) is 3.29. The molecule has 0 aliphatic heterocycles. The van der Waals surface area contributed by atoms with Gasteiger partial charge in [-0.05, 0) is 6.07 Å². The molecule has 12 heavy (non-hydrogen) atoms. The van der Waals surface area contributed by atoms with Crippen molar-refractivity contribution in [3.63, 3.8) is 0 Å². The van der Waals surface area contributed by atoms with Gasteiger partial charge in [0, 0.05) is 18.5 Å². The average molecular weight is 161 g/mol. The molecule has 0 aliphatic carbocycles. The lowest BCUT2D eigenvalue weighted by Crippen LogP contribution is -1.92. The van der Waals surface area contributed by atoms with Crippen molar-refractivity contribution >= 4 is 16.7 Å². The number of nitrogens with one attached hydrogen (secondary N) is 1. The van der Waals surface area contributed by atoms with Crippen LogP contribution >= 0.6 is 0 Å². The van der Waals surface area contributed by atoms with E-state index >= 15 is 0 Å². The summed E-state index contributed by atoms with van der Waals surface area (Å²) in [4.78, 5) is 14.9. The summed E-state index contributed by atoms with van der Waals surface area (Å²) in [7, 11) is 0. The smallest absolute Gasteiger partial charge is 0.180 e. The fourth-order valence-electron chi connectivity index (χ4n) is 1.13. The predicted octanol–water partition coefficient (Wildman–Crippen LogP) is 1.16. The van der Waals surface area contributed by atoms with Crippen molar-refractivity contribution in [2.75, 3.05) is 0 Å². The van der Waals surface area contributed by atoms with E-state index in [0.717, 1.165) is 10.9 Å². The molecule has 0 aromatic carbocycles. The minimum atomic E-state index is -0.0348. The fourth-order valence-corrected chi connectivity index (χ4v) is 1.13. The first-order valence-electron chi connectivity index (χ1n) is 3.58. The maximum absolute atomic E-state index is 11.0. The number of H-pyrrole nitrogens is 1.